The highest BCUT2D eigenvalue weighted by Crippen LogP contribution is 2.22. The van der Waals surface area contributed by atoms with Gasteiger partial charge < -0.3 is 40.3 Å². The first-order valence-corrected chi connectivity index (χ1v) is 18.0. The molecule has 0 aromatic carbocycles. The first kappa shape index (κ1) is 42.9. The Hall–Kier alpha value is -2.11. The number of carbonyl (C=O) groups is 1. The van der Waals surface area contributed by atoms with Crippen LogP contribution in [0.25, 0.3) is 0 Å². The molecule has 0 aromatic rings. The quantitative estimate of drug-likeness (QED) is 0.0484. The molecule has 47 heavy (non-hydrogen) atoms. The molecule has 7 unspecified atom stereocenters. The van der Waals surface area contributed by atoms with Crippen molar-refractivity contribution in [1.29, 1.82) is 0 Å². The van der Waals surface area contributed by atoms with Crippen LogP contribution >= 0.6 is 0 Å². The van der Waals surface area contributed by atoms with Crippen LogP contribution in [0.2, 0.25) is 0 Å². The SMILES string of the molecule is C/C=C/CC/C=C/CC/C=C/C(O)C(COC1OC(CO)C(O)C(O)C1O)NC(=O)CCCCCCC/C=C\C/C=C\CCCCC. The van der Waals surface area contributed by atoms with Crippen molar-refractivity contribution in [3.63, 3.8) is 0 Å². The number of aliphatic hydroxyl groups is 5. The van der Waals surface area contributed by atoms with Crippen LogP contribution in [0.1, 0.15) is 117 Å². The normalized spacial score (nSPS) is 23.6. The van der Waals surface area contributed by atoms with E-state index in [9.17, 15) is 30.3 Å². The van der Waals surface area contributed by atoms with Gasteiger partial charge in [-0.3, -0.25) is 4.79 Å². The Kier molecular flexibility index (Phi) is 26.4. The topological polar surface area (TPSA) is 149 Å². The van der Waals surface area contributed by atoms with Gasteiger partial charge in [0.15, 0.2) is 6.29 Å². The highest BCUT2D eigenvalue weighted by atomic mass is 16.7. The summed E-state index contributed by atoms with van der Waals surface area (Å²) in [6.07, 6.45) is 28.6. The predicted molar refractivity (Wildman–Crippen MR) is 189 cm³/mol. The molecule has 0 aromatic heterocycles. The Labute approximate surface area is 284 Å². The third-order valence-electron chi connectivity index (χ3n) is 8.14. The zero-order valence-corrected chi connectivity index (χ0v) is 29.0. The van der Waals surface area contributed by atoms with Gasteiger partial charge >= 0.3 is 0 Å². The first-order chi connectivity index (χ1) is 22.8. The molecule has 0 aliphatic carbocycles. The highest BCUT2D eigenvalue weighted by molar-refractivity contribution is 5.76. The number of carbonyl (C=O) groups excluding carboxylic acids is 1. The maximum absolute atomic E-state index is 12.8. The average Bonchev–Trinajstić information content (AvgIpc) is 3.07. The predicted octanol–water partition coefficient (Wildman–Crippen LogP) is 5.71. The minimum Gasteiger partial charge on any atom is -0.394 e. The minimum absolute atomic E-state index is 0.213. The molecule has 1 rings (SSSR count). The van der Waals surface area contributed by atoms with Gasteiger partial charge in [0.25, 0.3) is 0 Å². The van der Waals surface area contributed by atoms with Crippen LogP contribution in [0.5, 0.6) is 0 Å². The first-order valence-electron chi connectivity index (χ1n) is 18.0. The number of hydrogen-bond donors (Lipinski definition) is 6. The van der Waals surface area contributed by atoms with Gasteiger partial charge in [-0.1, -0.05) is 99.8 Å². The molecular weight excluding hydrogens is 598 g/mol. The van der Waals surface area contributed by atoms with Gasteiger partial charge in [-0.25, -0.2) is 0 Å². The van der Waals surface area contributed by atoms with Crippen molar-refractivity contribution in [1.82, 2.24) is 5.32 Å². The van der Waals surface area contributed by atoms with Gasteiger partial charge in [0.1, 0.15) is 24.4 Å². The zero-order chi connectivity index (χ0) is 34.5. The second kappa shape index (κ2) is 28.9. The van der Waals surface area contributed by atoms with E-state index in [2.05, 4.69) is 54.8 Å². The molecule has 1 aliphatic rings. The molecule has 1 amide bonds. The molecule has 0 saturated carbocycles. The maximum Gasteiger partial charge on any atom is 0.220 e. The number of unbranched alkanes of at least 4 members (excludes halogenated alkanes) is 10. The smallest absolute Gasteiger partial charge is 0.220 e. The largest absolute Gasteiger partial charge is 0.394 e. The van der Waals surface area contributed by atoms with Crippen molar-refractivity contribution < 1.29 is 39.8 Å². The number of rotatable bonds is 27. The summed E-state index contributed by atoms with van der Waals surface area (Å²) in [7, 11) is 0. The fourth-order valence-electron chi connectivity index (χ4n) is 5.16. The van der Waals surface area contributed by atoms with Crippen molar-refractivity contribution in [3.8, 4) is 0 Å². The standard InChI is InChI=1S/C38H65NO8/c1-3-5-7-9-11-13-14-15-16-17-18-20-22-24-26-28-34(42)39-31(32(41)27-25-23-21-19-12-10-8-6-4-2)30-46-38-37(45)36(44)35(43)33(29-40)47-38/h4,6,11-13,15-16,19,25,27,31-33,35-38,40-41,43-45H,3,5,7-10,14,17-18,20-24,26,28-30H2,1-2H3,(H,39,42)/b6-4+,13-11-,16-15-,19-12+,27-25+. The second-order valence-corrected chi connectivity index (χ2v) is 12.3. The second-order valence-electron chi connectivity index (χ2n) is 12.3. The summed E-state index contributed by atoms with van der Waals surface area (Å²) in [5.74, 6) is -0.213. The Bertz CT molecular complexity index is 915. The molecule has 1 fully saturated rings. The molecule has 9 nitrogen and oxygen atoms in total. The molecule has 1 aliphatic heterocycles. The lowest BCUT2D eigenvalue weighted by atomic mass is 9.99. The molecule has 7 atom stereocenters. The zero-order valence-electron chi connectivity index (χ0n) is 29.0. The molecule has 1 saturated heterocycles. The van der Waals surface area contributed by atoms with Crippen molar-refractivity contribution in [2.24, 2.45) is 0 Å². The third-order valence-corrected chi connectivity index (χ3v) is 8.14. The summed E-state index contributed by atoms with van der Waals surface area (Å²) in [4.78, 5) is 12.8. The van der Waals surface area contributed by atoms with E-state index >= 15 is 0 Å². The Balaban J connectivity index is 2.49. The molecule has 9 heteroatoms. The highest BCUT2D eigenvalue weighted by Gasteiger charge is 2.44. The third kappa shape index (κ3) is 20.8. The van der Waals surface area contributed by atoms with Gasteiger partial charge in [0.05, 0.1) is 25.4 Å². The minimum atomic E-state index is -1.58. The van der Waals surface area contributed by atoms with Crippen molar-refractivity contribution in [2.45, 2.75) is 159 Å². The van der Waals surface area contributed by atoms with E-state index in [4.69, 9.17) is 9.47 Å². The van der Waals surface area contributed by atoms with Crippen molar-refractivity contribution >= 4 is 5.91 Å². The summed E-state index contributed by atoms with van der Waals surface area (Å²) in [5.41, 5.74) is 0. The van der Waals surface area contributed by atoms with Crippen LogP contribution in [-0.2, 0) is 14.3 Å². The van der Waals surface area contributed by atoms with E-state index in [0.717, 1.165) is 70.6 Å². The number of hydrogen-bond acceptors (Lipinski definition) is 8. The van der Waals surface area contributed by atoms with E-state index in [-0.39, 0.29) is 12.5 Å². The number of nitrogens with one attached hydrogen (secondary N) is 1. The van der Waals surface area contributed by atoms with Crippen LogP contribution in [0.3, 0.4) is 0 Å². The van der Waals surface area contributed by atoms with Gasteiger partial charge in [0.2, 0.25) is 5.91 Å². The molecule has 6 N–H and O–H groups in total. The van der Waals surface area contributed by atoms with Crippen LogP contribution < -0.4 is 5.32 Å². The maximum atomic E-state index is 12.8. The van der Waals surface area contributed by atoms with Gasteiger partial charge in [-0.05, 0) is 71.1 Å². The number of allylic oxidation sites excluding steroid dienone is 9. The lowest BCUT2D eigenvalue weighted by Gasteiger charge is -2.40. The molecule has 270 valence electrons. The van der Waals surface area contributed by atoms with E-state index in [0.29, 0.717) is 6.42 Å². The monoisotopic (exact) mass is 663 g/mol. The van der Waals surface area contributed by atoms with Gasteiger partial charge in [-0.15, -0.1) is 0 Å². The van der Waals surface area contributed by atoms with Crippen molar-refractivity contribution in [3.05, 3.63) is 60.8 Å². The van der Waals surface area contributed by atoms with E-state index in [1.165, 1.54) is 25.7 Å². The Morgan fingerprint density at radius 2 is 1.36 bits per heavy atom. The fraction of sp³-hybridized carbons (Fsp3) is 0.711. The van der Waals surface area contributed by atoms with Crippen LogP contribution in [0.15, 0.2) is 60.8 Å². The summed E-state index contributed by atoms with van der Waals surface area (Å²) in [6, 6.07) is -0.833. The van der Waals surface area contributed by atoms with E-state index < -0.39 is 49.5 Å². The summed E-state index contributed by atoms with van der Waals surface area (Å²) < 4.78 is 11.1. The lowest BCUT2D eigenvalue weighted by molar-refractivity contribution is -0.302. The lowest BCUT2D eigenvalue weighted by Crippen LogP contribution is -2.60. The van der Waals surface area contributed by atoms with Crippen molar-refractivity contribution in [2.75, 3.05) is 13.2 Å². The molecule has 0 bridgehead atoms. The summed E-state index contributed by atoms with van der Waals surface area (Å²) in [6.45, 7) is 3.43. The number of aliphatic hydroxyl groups excluding tert-OH is 5. The molecular formula is C38H65NO8. The summed E-state index contributed by atoms with van der Waals surface area (Å²) >= 11 is 0. The van der Waals surface area contributed by atoms with Gasteiger partial charge in [0, 0.05) is 6.42 Å². The van der Waals surface area contributed by atoms with Crippen LogP contribution in [-0.4, -0.2) is 87.5 Å². The molecule has 1 heterocycles. The number of amides is 1. The summed E-state index contributed by atoms with van der Waals surface area (Å²) in [5, 5.41) is 53.7. The molecule has 0 radical (unpaired) electrons. The van der Waals surface area contributed by atoms with Crippen LogP contribution in [0.4, 0.5) is 0 Å². The Morgan fingerprint density at radius 3 is 2.02 bits per heavy atom. The van der Waals surface area contributed by atoms with Gasteiger partial charge in [-0.2, -0.15) is 0 Å². The molecule has 0 spiro atoms. The van der Waals surface area contributed by atoms with E-state index in [1.807, 2.05) is 19.1 Å². The fourth-order valence-corrected chi connectivity index (χ4v) is 5.16. The van der Waals surface area contributed by atoms with E-state index in [1.54, 1.807) is 6.08 Å². The van der Waals surface area contributed by atoms with Crippen LogP contribution in [0, 0.1) is 0 Å². The number of ether oxygens (including phenoxy) is 2. The average molecular weight is 664 g/mol. The Morgan fingerprint density at radius 1 is 0.766 bits per heavy atom.